The Morgan fingerprint density at radius 3 is 2.50 bits per heavy atom. The summed E-state index contributed by atoms with van der Waals surface area (Å²) in [5.74, 6) is 0.913. The van der Waals surface area contributed by atoms with Crippen LogP contribution in [0.25, 0.3) is 27.8 Å². The number of nitrogens with one attached hydrogen (secondary N) is 1. The number of H-pyrrole nitrogens is 1. The first-order chi connectivity index (χ1) is 8.72. The lowest BCUT2D eigenvalue weighted by molar-refractivity contribution is 1.27. The normalized spacial score (nSPS) is 11.9. The minimum atomic E-state index is 0.913. The van der Waals surface area contributed by atoms with E-state index in [0.29, 0.717) is 0 Å². The van der Waals surface area contributed by atoms with Gasteiger partial charge in [0.15, 0.2) is 0 Å². The van der Waals surface area contributed by atoms with Gasteiger partial charge in [0.1, 0.15) is 0 Å². The molecule has 1 N–H and O–H groups in total. The van der Waals surface area contributed by atoms with Crippen molar-refractivity contribution in [1.29, 1.82) is 0 Å². The van der Waals surface area contributed by atoms with Crippen LogP contribution in [-0.2, 0) is 0 Å². The van der Waals surface area contributed by atoms with Crippen molar-refractivity contribution in [3.63, 3.8) is 0 Å². The van der Waals surface area contributed by atoms with Gasteiger partial charge in [-0.25, -0.2) is 4.98 Å². The number of rotatable bonds is 0. The fraction of sp³-hybridized carbons (Fsp3) is 0.133. The highest BCUT2D eigenvalue weighted by atomic mass is 15.1. The number of aromatic amines is 1. The molecule has 0 radical (unpaired) electrons. The van der Waals surface area contributed by atoms with Gasteiger partial charge in [0.25, 0.3) is 0 Å². The summed E-state index contributed by atoms with van der Waals surface area (Å²) in [6, 6.07) is 12.8. The van der Waals surface area contributed by atoms with E-state index in [1.807, 2.05) is 0 Å². The number of hydrogen-bond donors (Lipinski definition) is 1. The third kappa shape index (κ3) is 1.16. The molecule has 0 spiro atoms. The van der Waals surface area contributed by atoms with Gasteiger partial charge < -0.3 is 4.98 Å². The van der Waals surface area contributed by atoms with E-state index in [-0.39, 0.29) is 0 Å². The molecule has 4 rings (SSSR count). The molecule has 0 aliphatic rings. The van der Waals surface area contributed by atoms with Gasteiger partial charge in [-0.3, -0.25) is 4.40 Å². The van der Waals surface area contributed by atoms with E-state index in [0.717, 1.165) is 16.8 Å². The van der Waals surface area contributed by atoms with Gasteiger partial charge in [-0.15, -0.1) is 0 Å². The van der Waals surface area contributed by atoms with Crippen LogP contribution in [0.5, 0.6) is 0 Å². The van der Waals surface area contributed by atoms with Crippen LogP contribution in [0.15, 0.2) is 36.4 Å². The van der Waals surface area contributed by atoms with Gasteiger partial charge in [0.05, 0.1) is 22.1 Å². The van der Waals surface area contributed by atoms with Crippen LogP contribution < -0.4 is 0 Å². The number of imidazole rings is 2. The van der Waals surface area contributed by atoms with Crippen LogP contribution in [0.1, 0.15) is 11.1 Å². The zero-order valence-electron chi connectivity index (χ0n) is 10.4. The van der Waals surface area contributed by atoms with E-state index < -0.39 is 0 Å². The largest absolute Gasteiger partial charge is 0.323 e. The molecule has 18 heavy (non-hydrogen) atoms. The maximum absolute atomic E-state index is 4.63. The van der Waals surface area contributed by atoms with Crippen LogP contribution in [0, 0.1) is 13.8 Å². The van der Waals surface area contributed by atoms with Crippen molar-refractivity contribution in [2.45, 2.75) is 13.8 Å². The summed E-state index contributed by atoms with van der Waals surface area (Å²) in [4.78, 5) is 8.00. The molecule has 0 saturated carbocycles. The van der Waals surface area contributed by atoms with E-state index in [1.54, 1.807) is 0 Å². The highest BCUT2D eigenvalue weighted by molar-refractivity contribution is 5.90. The highest BCUT2D eigenvalue weighted by Crippen LogP contribution is 2.24. The lowest BCUT2D eigenvalue weighted by Crippen LogP contribution is -1.82. The van der Waals surface area contributed by atoms with Crippen molar-refractivity contribution in [2.24, 2.45) is 0 Å². The molecule has 0 unspecified atom stereocenters. The molecule has 0 aliphatic carbocycles. The molecule has 2 aromatic carbocycles. The predicted molar refractivity (Wildman–Crippen MR) is 74.0 cm³/mol. The lowest BCUT2D eigenvalue weighted by Gasteiger charge is -1.97. The molecule has 0 atom stereocenters. The van der Waals surface area contributed by atoms with E-state index in [2.05, 4.69) is 64.6 Å². The molecule has 2 aromatic heterocycles. The second-order valence-electron chi connectivity index (χ2n) is 4.91. The van der Waals surface area contributed by atoms with Crippen molar-refractivity contribution < 1.29 is 0 Å². The number of aryl methyl sites for hydroxylation is 2. The first kappa shape index (κ1) is 9.71. The van der Waals surface area contributed by atoms with E-state index in [1.165, 1.54) is 22.2 Å². The number of hydrogen-bond acceptors (Lipinski definition) is 1. The van der Waals surface area contributed by atoms with Gasteiger partial charge in [-0.1, -0.05) is 12.1 Å². The van der Waals surface area contributed by atoms with Crippen LogP contribution in [0.2, 0.25) is 0 Å². The van der Waals surface area contributed by atoms with Gasteiger partial charge in [-0.2, -0.15) is 0 Å². The average molecular weight is 235 g/mol. The number of fused-ring (bicyclic) bond motifs is 5. The molecule has 0 aliphatic heterocycles. The minimum absolute atomic E-state index is 0.913. The molecule has 3 nitrogen and oxygen atoms in total. The average Bonchev–Trinajstić information content (AvgIpc) is 2.85. The van der Waals surface area contributed by atoms with E-state index in [9.17, 15) is 0 Å². The maximum atomic E-state index is 4.63. The Hall–Kier alpha value is -2.29. The summed E-state index contributed by atoms with van der Waals surface area (Å²) >= 11 is 0. The molecule has 0 fully saturated rings. The Balaban J connectivity index is 2.30. The Morgan fingerprint density at radius 2 is 1.67 bits per heavy atom. The van der Waals surface area contributed by atoms with Crippen molar-refractivity contribution in [2.75, 3.05) is 0 Å². The number of nitrogens with zero attached hydrogens (tertiary/aromatic N) is 2. The lowest BCUT2D eigenvalue weighted by atomic mass is 10.2. The topological polar surface area (TPSA) is 33.1 Å². The summed E-state index contributed by atoms with van der Waals surface area (Å²) in [5.41, 5.74) is 7.05. The highest BCUT2D eigenvalue weighted by Gasteiger charge is 2.10. The standard InChI is InChI=1S/C15H13N3/c1-9-3-5-11-13(7-9)18-14-8-10(2)4-6-12(14)17-15(18)16-11/h3-8H,1-2H3,(H,16,17). The smallest absolute Gasteiger partial charge is 0.213 e. The van der Waals surface area contributed by atoms with Gasteiger partial charge in [0.2, 0.25) is 5.78 Å². The molecule has 0 amide bonds. The Labute approximate surface area is 104 Å². The molecule has 2 heterocycles. The minimum Gasteiger partial charge on any atom is -0.323 e. The first-order valence-electron chi connectivity index (χ1n) is 6.09. The predicted octanol–water partition coefficient (Wildman–Crippen LogP) is 3.59. The molecule has 0 saturated heterocycles. The maximum Gasteiger partial charge on any atom is 0.213 e. The molecule has 88 valence electrons. The summed E-state index contributed by atoms with van der Waals surface area (Å²) in [6.07, 6.45) is 0. The number of aromatic nitrogens is 3. The zero-order valence-corrected chi connectivity index (χ0v) is 10.4. The summed E-state index contributed by atoms with van der Waals surface area (Å²) in [7, 11) is 0. The van der Waals surface area contributed by atoms with Gasteiger partial charge in [0, 0.05) is 0 Å². The fourth-order valence-electron chi connectivity index (χ4n) is 2.57. The molecule has 3 heteroatoms. The summed E-state index contributed by atoms with van der Waals surface area (Å²) in [5, 5.41) is 0. The summed E-state index contributed by atoms with van der Waals surface area (Å²) in [6.45, 7) is 4.22. The third-order valence-electron chi connectivity index (χ3n) is 3.45. The second-order valence-corrected chi connectivity index (χ2v) is 4.91. The summed E-state index contributed by atoms with van der Waals surface area (Å²) < 4.78 is 2.20. The zero-order chi connectivity index (χ0) is 12.3. The SMILES string of the molecule is Cc1ccc2nc3[nH]c4ccc(C)cc4n3c2c1. The molecular weight excluding hydrogens is 222 g/mol. The van der Waals surface area contributed by atoms with Gasteiger partial charge in [-0.05, 0) is 49.2 Å². The monoisotopic (exact) mass is 235 g/mol. The van der Waals surface area contributed by atoms with E-state index in [4.69, 9.17) is 0 Å². The van der Waals surface area contributed by atoms with Crippen molar-refractivity contribution >= 4 is 27.8 Å². The Morgan fingerprint density at radius 1 is 0.944 bits per heavy atom. The van der Waals surface area contributed by atoms with Gasteiger partial charge >= 0.3 is 0 Å². The van der Waals surface area contributed by atoms with Crippen molar-refractivity contribution in [3.8, 4) is 0 Å². The molecular formula is C15H13N3. The van der Waals surface area contributed by atoms with Crippen molar-refractivity contribution in [3.05, 3.63) is 47.5 Å². The Bertz CT molecular complexity index is 825. The quantitative estimate of drug-likeness (QED) is 0.496. The van der Waals surface area contributed by atoms with Crippen LogP contribution in [0.3, 0.4) is 0 Å². The first-order valence-corrected chi connectivity index (χ1v) is 6.09. The molecule has 0 bridgehead atoms. The number of benzene rings is 2. The van der Waals surface area contributed by atoms with E-state index >= 15 is 0 Å². The second kappa shape index (κ2) is 3.13. The van der Waals surface area contributed by atoms with Crippen LogP contribution >= 0.6 is 0 Å². The molecule has 4 aromatic rings. The van der Waals surface area contributed by atoms with Crippen molar-refractivity contribution in [1.82, 2.24) is 14.4 Å². The third-order valence-corrected chi connectivity index (χ3v) is 3.45. The van der Waals surface area contributed by atoms with Crippen LogP contribution in [-0.4, -0.2) is 14.4 Å². The van der Waals surface area contributed by atoms with Crippen LogP contribution in [0.4, 0.5) is 0 Å². The Kier molecular flexibility index (Phi) is 1.69. The fourth-order valence-corrected chi connectivity index (χ4v) is 2.57.